The highest BCUT2D eigenvalue weighted by Crippen LogP contribution is 2.15. The van der Waals surface area contributed by atoms with Gasteiger partial charge in [0, 0.05) is 11.6 Å². The SMILES string of the molecule is c1ccc(COc2ccsc2)nc1. The Hall–Kier alpha value is -1.35. The van der Waals surface area contributed by atoms with E-state index in [4.69, 9.17) is 4.74 Å². The van der Waals surface area contributed by atoms with Crippen molar-refractivity contribution in [2.75, 3.05) is 0 Å². The molecule has 0 atom stereocenters. The molecular weight excluding hydrogens is 182 g/mol. The average Bonchev–Trinajstić information content (AvgIpc) is 2.69. The molecule has 0 saturated heterocycles. The third-order valence-electron chi connectivity index (χ3n) is 1.61. The van der Waals surface area contributed by atoms with E-state index in [1.165, 1.54) is 0 Å². The van der Waals surface area contributed by atoms with Crippen LogP contribution < -0.4 is 4.74 Å². The zero-order chi connectivity index (χ0) is 8.93. The molecule has 0 spiro atoms. The van der Waals surface area contributed by atoms with Crippen molar-refractivity contribution in [1.82, 2.24) is 4.98 Å². The minimum Gasteiger partial charge on any atom is -0.486 e. The summed E-state index contributed by atoms with van der Waals surface area (Å²) in [5, 5.41) is 3.97. The molecule has 2 nitrogen and oxygen atoms in total. The molecule has 0 unspecified atom stereocenters. The van der Waals surface area contributed by atoms with Crippen LogP contribution in [0.2, 0.25) is 0 Å². The first-order valence-electron chi connectivity index (χ1n) is 4.00. The van der Waals surface area contributed by atoms with Crippen LogP contribution in [0.15, 0.2) is 41.2 Å². The van der Waals surface area contributed by atoms with Crippen LogP contribution in [0.25, 0.3) is 0 Å². The number of ether oxygens (including phenoxy) is 1. The van der Waals surface area contributed by atoms with Crippen LogP contribution >= 0.6 is 11.3 Å². The predicted octanol–water partition coefficient (Wildman–Crippen LogP) is 2.72. The Morgan fingerprint density at radius 3 is 3.00 bits per heavy atom. The maximum atomic E-state index is 5.48. The van der Waals surface area contributed by atoms with Crippen LogP contribution in [0.5, 0.6) is 5.75 Å². The van der Waals surface area contributed by atoms with Crippen molar-refractivity contribution in [3.8, 4) is 5.75 Å². The summed E-state index contributed by atoms with van der Waals surface area (Å²) < 4.78 is 5.48. The molecule has 2 rings (SSSR count). The fourth-order valence-electron chi connectivity index (χ4n) is 0.975. The van der Waals surface area contributed by atoms with Gasteiger partial charge in [-0.25, -0.2) is 0 Å². The van der Waals surface area contributed by atoms with Crippen LogP contribution in [-0.2, 0) is 6.61 Å². The summed E-state index contributed by atoms with van der Waals surface area (Å²) in [6.07, 6.45) is 1.77. The molecule has 2 aromatic heterocycles. The molecule has 0 fully saturated rings. The zero-order valence-corrected chi connectivity index (χ0v) is 7.83. The smallest absolute Gasteiger partial charge is 0.130 e. The minimum atomic E-state index is 0.539. The lowest BCUT2D eigenvalue weighted by molar-refractivity contribution is 0.302. The molecule has 0 aliphatic heterocycles. The summed E-state index contributed by atoms with van der Waals surface area (Å²) in [6, 6.07) is 7.76. The highest BCUT2D eigenvalue weighted by atomic mass is 32.1. The number of pyridine rings is 1. The second-order valence-corrected chi connectivity index (χ2v) is 3.35. The fourth-order valence-corrected chi connectivity index (χ4v) is 1.55. The molecule has 13 heavy (non-hydrogen) atoms. The van der Waals surface area contributed by atoms with E-state index in [0.717, 1.165) is 11.4 Å². The van der Waals surface area contributed by atoms with Crippen molar-refractivity contribution >= 4 is 11.3 Å². The van der Waals surface area contributed by atoms with E-state index in [0.29, 0.717) is 6.61 Å². The summed E-state index contributed by atoms with van der Waals surface area (Å²) in [7, 11) is 0. The first kappa shape index (κ1) is 8.26. The summed E-state index contributed by atoms with van der Waals surface area (Å²) in [5.41, 5.74) is 0.953. The third kappa shape index (κ3) is 2.29. The molecule has 0 amide bonds. The highest BCUT2D eigenvalue weighted by Gasteiger charge is 1.95. The van der Waals surface area contributed by atoms with E-state index in [2.05, 4.69) is 4.98 Å². The Kier molecular flexibility index (Phi) is 2.57. The molecule has 3 heteroatoms. The molecule has 0 bridgehead atoms. The Balaban J connectivity index is 1.94. The largest absolute Gasteiger partial charge is 0.486 e. The van der Waals surface area contributed by atoms with Crippen molar-refractivity contribution in [2.45, 2.75) is 6.61 Å². The summed E-state index contributed by atoms with van der Waals surface area (Å²) in [5.74, 6) is 0.913. The van der Waals surface area contributed by atoms with Gasteiger partial charge in [0.05, 0.1) is 5.69 Å². The van der Waals surface area contributed by atoms with E-state index in [9.17, 15) is 0 Å². The standard InChI is InChI=1S/C10H9NOS/c1-2-5-11-9(3-1)7-12-10-4-6-13-8-10/h1-6,8H,7H2. The molecule has 0 radical (unpaired) electrons. The third-order valence-corrected chi connectivity index (χ3v) is 2.27. The molecule has 0 aliphatic carbocycles. The first-order chi connectivity index (χ1) is 6.45. The van der Waals surface area contributed by atoms with Crippen LogP contribution in [0.4, 0.5) is 0 Å². The van der Waals surface area contributed by atoms with E-state index in [-0.39, 0.29) is 0 Å². The number of nitrogens with zero attached hydrogens (tertiary/aromatic N) is 1. The van der Waals surface area contributed by atoms with Gasteiger partial charge in [0.15, 0.2) is 0 Å². The van der Waals surface area contributed by atoms with Gasteiger partial charge < -0.3 is 4.74 Å². The monoisotopic (exact) mass is 191 g/mol. The van der Waals surface area contributed by atoms with E-state index >= 15 is 0 Å². The molecule has 66 valence electrons. The normalized spacial score (nSPS) is 9.85. The van der Waals surface area contributed by atoms with Crippen molar-refractivity contribution in [2.24, 2.45) is 0 Å². The number of thiophene rings is 1. The molecule has 2 heterocycles. The lowest BCUT2D eigenvalue weighted by Gasteiger charge is -2.01. The van der Waals surface area contributed by atoms with Crippen molar-refractivity contribution in [3.63, 3.8) is 0 Å². The van der Waals surface area contributed by atoms with Crippen molar-refractivity contribution in [3.05, 3.63) is 46.9 Å². The van der Waals surface area contributed by atoms with Gasteiger partial charge in [0.1, 0.15) is 12.4 Å². The highest BCUT2D eigenvalue weighted by molar-refractivity contribution is 7.08. The fraction of sp³-hybridized carbons (Fsp3) is 0.100. The first-order valence-corrected chi connectivity index (χ1v) is 4.94. The van der Waals surface area contributed by atoms with Crippen LogP contribution in [0.3, 0.4) is 0 Å². The second kappa shape index (κ2) is 4.05. The van der Waals surface area contributed by atoms with E-state index in [1.54, 1.807) is 17.5 Å². The summed E-state index contributed by atoms with van der Waals surface area (Å²) in [6.45, 7) is 0.539. The van der Waals surface area contributed by atoms with Gasteiger partial charge in [-0.1, -0.05) is 6.07 Å². The molecule has 2 aromatic rings. The second-order valence-electron chi connectivity index (χ2n) is 2.57. The van der Waals surface area contributed by atoms with Crippen molar-refractivity contribution in [1.29, 1.82) is 0 Å². The zero-order valence-electron chi connectivity index (χ0n) is 7.01. The summed E-state index contributed by atoms with van der Waals surface area (Å²) in [4.78, 5) is 4.16. The lowest BCUT2D eigenvalue weighted by atomic mass is 10.4. The summed E-state index contributed by atoms with van der Waals surface area (Å²) >= 11 is 1.63. The van der Waals surface area contributed by atoms with Gasteiger partial charge in [-0.15, -0.1) is 11.3 Å². The molecular formula is C10H9NOS. The Labute approximate surface area is 80.8 Å². The molecule has 0 N–H and O–H groups in total. The average molecular weight is 191 g/mol. The van der Waals surface area contributed by atoms with Gasteiger partial charge in [0.2, 0.25) is 0 Å². The minimum absolute atomic E-state index is 0.539. The number of rotatable bonds is 3. The van der Waals surface area contributed by atoms with E-state index < -0.39 is 0 Å². The van der Waals surface area contributed by atoms with Gasteiger partial charge in [-0.2, -0.15) is 0 Å². The molecule has 0 aliphatic rings. The quantitative estimate of drug-likeness (QED) is 0.744. The van der Waals surface area contributed by atoms with Crippen molar-refractivity contribution < 1.29 is 4.74 Å². The Morgan fingerprint density at radius 2 is 2.31 bits per heavy atom. The number of hydrogen-bond donors (Lipinski definition) is 0. The Bertz CT molecular complexity index is 344. The molecule has 0 aromatic carbocycles. The topological polar surface area (TPSA) is 22.1 Å². The van der Waals surface area contributed by atoms with Crippen LogP contribution in [0.1, 0.15) is 5.69 Å². The van der Waals surface area contributed by atoms with Gasteiger partial charge >= 0.3 is 0 Å². The van der Waals surface area contributed by atoms with Crippen LogP contribution in [0, 0.1) is 0 Å². The maximum Gasteiger partial charge on any atom is 0.130 e. The van der Waals surface area contributed by atoms with Crippen LogP contribution in [-0.4, -0.2) is 4.98 Å². The maximum absolute atomic E-state index is 5.48. The lowest BCUT2D eigenvalue weighted by Crippen LogP contribution is -1.96. The Morgan fingerprint density at radius 1 is 1.31 bits per heavy atom. The predicted molar refractivity (Wildman–Crippen MR) is 52.9 cm³/mol. The number of aromatic nitrogens is 1. The van der Waals surface area contributed by atoms with Gasteiger partial charge in [-0.05, 0) is 23.6 Å². The van der Waals surface area contributed by atoms with E-state index in [1.807, 2.05) is 35.0 Å². The number of hydrogen-bond acceptors (Lipinski definition) is 3. The molecule has 0 saturated carbocycles. The van der Waals surface area contributed by atoms with Gasteiger partial charge in [-0.3, -0.25) is 4.98 Å². The van der Waals surface area contributed by atoms with Gasteiger partial charge in [0.25, 0.3) is 0 Å².